The van der Waals surface area contributed by atoms with Gasteiger partial charge in [0.1, 0.15) is 5.75 Å². The van der Waals surface area contributed by atoms with Crippen LogP contribution in [0.5, 0.6) is 5.75 Å². The van der Waals surface area contributed by atoms with Gasteiger partial charge in [0, 0.05) is 0 Å². The molecule has 0 saturated carbocycles. The minimum Gasteiger partial charge on any atom is -0.497 e. The number of benzene rings is 4. The van der Waals surface area contributed by atoms with Crippen LogP contribution < -0.4 is 4.74 Å². The van der Waals surface area contributed by atoms with Gasteiger partial charge in [-0.15, -0.1) is 0 Å². The molecule has 4 aromatic carbocycles. The number of hydrogen-bond acceptors (Lipinski definition) is 1. The van der Waals surface area contributed by atoms with Crippen LogP contribution in [0.25, 0.3) is 32.7 Å². The van der Waals surface area contributed by atoms with Gasteiger partial charge in [-0.25, -0.2) is 0 Å². The predicted molar refractivity (Wildman–Crippen MR) is 93.4 cm³/mol. The van der Waals surface area contributed by atoms with E-state index in [9.17, 15) is 0 Å². The molecule has 106 valence electrons. The maximum Gasteiger partial charge on any atom is 0.118 e. The average molecular weight is 284 g/mol. The van der Waals surface area contributed by atoms with Crippen LogP contribution >= 0.6 is 0 Å². The second-order valence-corrected chi connectivity index (χ2v) is 5.45. The van der Waals surface area contributed by atoms with Gasteiger partial charge < -0.3 is 4.74 Å². The zero-order valence-corrected chi connectivity index (χ0v) is 12.4. The summed E-state index contributed by atoms with van der Waals surface area (Å²) < 4.78 is 5.25. The molecule has 0 atom stereocenters. The molecule has 0 aliphatic carbocycles. The van der Waals surface area contributed by atoms with E-state index in [2.05, 4.69) is 66.7 Å². The van der Waals surface area contributed by atoms with Gasteiger partial charge in [-0.2, -0.15) is 0 Å². The van der Waals surface area contributed by atoms with Crippen LogP contribution in [0.15, 0.2) is 78.9 Å². The SMILES string of the molecule is COc1ccc(-c2cccc3cc4ccccc4cc23)cc1. The summed E-state index contributed by atoms with van der Waals surface area (Å²) in [7, 11) is 1.69. The van der Waals surface area contributed by atoms with Gasteiger partial charge in [0.15, 0.2) is 0 Å². The Bertz CT molecular complexity index is 952. The average Bonchev–Trinajstić information content (AvgIpc) is 2.59. The molecule has 4 rings (SSSR count). The predicted octanol–water partition coefficient (Wildman–Crippen LogP) is 5.67. The van der Waals surface area contributed by atoms with Gasteiger partial charge in [0.25, 0.3) is 0 Å². The van der Waals surface area contributed by atoms with Crippen LogP contribution in [0.4, 0.5) is 0 Å². The van der Waals surface area contributed by atoms with E-state index in [1.807, 2.05) is 12.1 Å². The van der Waals surface area contributed by atoms with Crippen molar-refractivity contribution >= 4 is 21.5 Å². The molecule has 0 aliphatic rings. The first kappa shape index (κ1) is 12.9. The van der Waals surface area contributed by atoms with Crippen molar-refractivity contribution in [1.82, 2.24) is 0 Å². The monoisotopic (exact) mass is 284 g/mol. The molecular weight excluding hydrogens is 268 g/mol. The smallest absolute Gasteiger partial charge is 0.118 e. The normalized spacial score (nSPS) is 11.0. The van der Waals surface area contributed by atoms with E-state index in [0.717, 1.165) is 5.75 Å². The van der Waals surface area contributed by atoms with Crippen LogP contribution in [-0.2, 0) is 0 Å². The first-order valence-electron chi connectivity index (χ1n) is 7.41. The fraction of sp³-hybridized carbons (Fsp3) is 0.0476. The highest BCUT2D eigenvalue weighted by Gasteiger charge is 2.05. The van der Waals surface area contributed by atoms with E-state index in [-0.39, 0.29) is 0 Å². The van der Waals surface area contributed by atoms with Crippen LogP contribution in [0, 0.1) is 0 Å². The Hall–Kier alpha value is -2.80. The second kappa shape index (κ2) is 5.19. The Balaban J connectivity index is 1.98. The van der Waals surface area contributed by atoms with Crippen molar-refractivity contribution in [3.63, 3.8) is 0 Å². The maximum atomic E-state index is 5.25. The zero-order chi connectivity index (χ0) is 14.9. The molecule has 0 saturated heterocycles. The molecule has 0 radical (unpaired) electrons. The van der Waals surface area contributed by atoms with Gasteiger partial charge in [-0.05, 0) is 56.9 Å². The maximum absolute atomic E-state index is 5.25. The lowest BCUT2D eigenvalue weighted by Crippen LogP contribution is -1.85. The van der Waals surface area contributed by atoms with Gasteiger partial charge in [-0.1, -0.05) is 54.6 Å². The third-order valence-electron chi connectivity index (χ3n) is 4.15. The Morgan fingerprint density at radius 3 is 2.05 bits per heavy atom. The van der Waals surface area contributed by atoms with Crippen molar-refractivity contribution in [3.05, 3.63) is 78.9 Å². The Labute approximate surface area is 129 Å². The largest absolute Gasteiger partial charge is 0.497 e. The van der Waals surface area contributed by atoms with Crippen LogP contribution in [0.2, 0.25) is 0 Å². The topological polar surface area (TPSA) is 9.23 Å². The minimum absolute atomic E-state index is 0.884. The number of hydrogen-bond donors (Lipinski definition) is 0. The van der Waals surface area contributed by atoms with Gasteiger partial charge in [0.2, 0.25) is 0 Å². The van der Waals surface area contributed by atoms with E-state index < -0.39 is 0 Å². The lowest BCUT2D eigenvalue weighted by molar-refractivity contribution is 0.415. The molecule has 0 fully saturated rings. The van der Waals surface area contributed by atoms with Crippen molar-refractivity contribution in [2.45, 2.75) is 0 Å². The van der Waals surface area contributed by atoms with E-state index in [1.165, 1.54) is 32.7 Å². The first-order chi connectivity index (χ1) is 10.8. The van der Waals surface area contributed by atoms with E-state index >= 15 is 0 Å². The highest BCUT2D eigenvalue weighted by atomic mass is 16.5. The molecule has 0 amide bonds. The minimum atomic E-state index is 0.884. The van der Waals surface area contributed by atoms with Crippen molar-refractivity contribution in [2.24, 2.45) is 0 Å². The molecule has 22 heavy (non-hydrogen) atoms. The molecule has 0 spiro atoms. The van der Waals surface area contributed by atoms with Crippen molar-refractivity contribution < 1.29 is 4.74 Å². The summed E-state index contributed by atoms with van der Waals surface area (Å²) in [4.78, 5) is 0. The number of methoxy groups -OCH3 is 1. The molecule has 0 unspecified atom stereocenters. The second-order valence-electron chi connectivity index (χ2n) is 5.45. The van der Waals surface area contributed by atoms with Crippen molar-refractivity contribution in [1.29, 1.82) is 0 Å². The summed E-state index contributed by atoms with van der Waals surface area (Å²) in [5, 5.41) is 5.11. The molecule has 0 aliphatic heterocycles. The number of ether oxygens (including phenoxy) is 1. The highest BCUT2D eigenvalue weighted by molar-refractivity contribution is 6.04. The Morgan fingerprint density at radius 1 is 0.636 bits per heavy atom. The summed E-state index contributed by atoms with van der Waals surface area (Å²) >= 11 is 0. The highest BCUT2D eigenvalue weighted by Crippen LogP contribution is 2.32. The first-order valence-corrected chi connectivity index (χ1v) is 7.41. The molecule has 1 nitrogen and oxygen atoms in total. The molecule has 1 heteroatoms. The summed E-state index contributed by atoms with van der Waals surface area (Å²) in [5.41, 5.74) is 2.47. The third-order valence-corrected chi connectivity index (χ3v) is 4.15. The molecule has 0 heterocycles. The van der Waals surface area contributed by atoms with Gasteiger partial charge >= 0.3 is 0 Å². The number of fused-ring (bicyclic) bond motifs is 2. The summed E-state index contributed by atoms with van der Waals surface area (Å²) in [6, 6.07) is 27.8. The van der Waals surface area contributed by atoms with E-state index in [1.54, 1.807) is 7.11 Å². The van der Waals surface area contributed by atoms with Crippen LogP contribution in [0.1, 0.15) is 0 Å². The fourth-order valence-corrected chi connectivity index (χ4v) is 2.99. The molecule has 4 aromatic rings. The summed E-state index contributed by atoms with van der Waals surface area (Å²) in [6.45, 7) is 0. The standard InChI is InChI=1S/C21H16O/c1-22-19-11-9-15(10-12-19)20-8-4-7-18-13-16-5-2-3-6-17(16)14-21(18)20/h2-14H,1H3. The van der Waals surface area contributed by atoms with Gasteiger partial charge in [-0.3, -0.25) is 0 Å². The van der Waals surface area contributed by atoms with Crippen molar-refractivity contribution in [3.8, 4) is 16.9 Å². The number of rotatable bonds is 2. The molecule has 0 aromatic heterocycles. The molecular formula is C21H16O. The lowest BCUT2D eigenvalue weighted by Gasteiger charge is -2.09. The Morgan fingerprint density at radius 2 is 1.32 bits per heavy atom. The molecule has 0 N–H and O–H groups in total. The van der Waals surface area contributed by atoms with Crippen LogP contribution in [0.3, 0.4) is 0 Å². The Kier molecular flexibility index (Phi) is 3.05. The van der Waals surface area contributed by atoms with Gasteiger partial charge in [0.05, 0.1) is 7.11 Å². The van der Waals surface area contributed by atoms with Crippen molar-refractivity contribution in [2.75, 3.05) is 7.11 Å². The summed E-state index contributed by atoms with van der Waals surface area (Å²) in [5.74, 6) is 0.884. The van der Waals surface area contributed by atoms with E-state index in [0.29, 0.717) is 0 Å². The lowest BCUT2D eigenvalue weighted by atomic mass is 9.95. The summed E-state index contributed by atoms with van der Waals surface area (Å²) in [6.07, 6.45) is 0. The molecule has 0 bridgehead atoms. The quantitative estimate of drug-likeness (QED) is 0.431. The third kappa shape index (κ3) is 2.11. The fourth-order valence-electron chi connectivity index (χ4n) is 2.99. The van der Waals surface area contributed by atoms with E-state index in [4.69, 9.17) is 4.74 Å². The zero-order valence-electron chi connectivity index (χ0n) is 12.4. The van der Waals surface area contributed by atoms with Crippen LogP contribution in [-0.4, -0.2) is 7.11 Å².